The first-order chi connectivity index (χ1) is 16.3. The molecule has 1 amide bonds. The number of aliphatic hydroxyl groups excluding tert-OH is 1. The van der Waals surface area contributed by atoms with Crippen LogP contribution in [-0.2, 0) is 6.61 Å². The van der Waals surface area contributed by atoms with Gasteiger partial charge in [-0.25, -0.2) is 4.79 Å². The van der Waals surface area contributed by atoms with Gasteiger partial charge in [0, 0.05) is 36.7 Å². The number of carbonyl (C=O) groups excluding carboxylic acids is 1. The molecule has 0 aliphatic carbocycles. The minimum atomic E-state index is -0.334. The van der Waals surface area contributed by atoms with Crippen molar-refractivity contribution < 1.29 is 14.6 Å². The minimum absolute atomic E-state index is 0.0451. The number of rotatable bonds is 13. The van der Waals surface area contributed by atoms with Crippen LogP contribution in [0.1, 0.15) is 83.4 Å². The fraction of sp³-hybridized carbons (Fsp3) is 0.552. The maximum Gasteiger partial charge on any atom is 0.415 e. The molecule has 188 valence electrons. The number of hydrogen-bond donors (Lipinski definition) is 1. The van der Waals surface area contributed by atoms with E-state index in [1.807, 2.05) is 38.1 Å². The van der Waals surface area contributed by atoms with Crippen LogP contribution in [-0.4, -0.2) is 52.7 Å². The van der Waals surface area contributed by atoms with Crippen molar-refractivity contribution in [2.45, 2.75) is 85.4 Å². The molecule has 0 heterocycles. The summed E-state index contributed by atoms with van der Waals surface area (Å²) in [5.74, 6) is 0.660. The molecule has 0 aromatic heterocycles. The van der Waals surface area contributed by atoms with Gasteiger partial charge in [-0.05, 0) is 84.2 Å². The lowest BCUT2D eigenvalue weighted by Crippen LogP contribution is -2.37. The van der Waals surface area contributed by atoms with Gasteiger partial charge in [0.25, 0.3) is 0 Å². The lowest BCUT2D eigenvalue weighted by molar-refractivity contribution is 0.156. The van der Waals surface area contributed by atoms with Crippen LogP contribution in [0.3, 0.4) is 0 Å². The second-order valence-electron chi connectivity index (χ2n) is 9.45. The summed E-state index contributed by atoms with van der Waals surface area (Å²) in [5, 5.41) is 9.81. The van der Waals surface area contributed by atoms with Crippen LogP contribution in [0.15, 0.2) is 48.5 Å². The van der Waals surface area contributed by atoms with E-state index in [4.69, 9.17) is 4.74 Å². The molecule has 1 atom stereocenters. The van der Waals surface area contributed by atoms with E-state index in [0.717, 1.165) is 36.9 Å². The van der Waals surface area contributed by atoms with Gasteiger partial charge in [-0.15, -0.1) is 0 Å². The van der Waals surface area contributed by atoms with Gasteiger partial charge in [0.2, 0.25) is 0 Å². The predicted molar refractivity (Wildman–Crippen MR) is 140 cm³/mol. The maximum atomic E-state index is 12.8. The van der Waals surface area contributed by atoms with Crippen molar-refractivity contribution in [3.05, 3.63) is 65.2 Å². The Morgan fingerprint density at radius 3 is 2.15 bits per heavy atom. The van der Waals surface area contributed by atoms with Crippen LogP contribution in [0.5, 0.6) is 5.75 Å². The molecule has 0 bridgehead atoms. The molecule has 0 spiro atoms. The predicted octanol–water partition coefficient (Wildman–Crippen LogP) is 6.44. The van der Waals surface area contributed by atoms with E-state index < -0.39 is 0 Å². The Hall–Kier alpha value is -2.37. The Morgan fingerprint density at radius 1 is 0.941 bits per heavy atom. The number of benzene rings is 2. The fourth-order valence-electron chi connectivity index (χ4n) is 4.64. The Balaban J connectivity index is 2.32. The molecule has 0 aliphatic rings. The van der Waals surface area contributed by atoms with Crippen molar-refractivity contribution in [3.63, 3.8) is 0 Å². The van der Waals surface area contributed by atoms with E-state index in [1.54, 1.807) is 4.90 Å². The normalized spacial score (nSPS) is 12.4. The standard InChI is InChI=1S/C29H44N2O3/c1-7-30(8-2)29(33)34-28-18-17-24(21-32)20-27(28)26(25-14-10-9-11-15-25)16-12-13-19-31(22(3)4)23(5)6/h9-11,14-15,17-18,20,22-23,26,32H,7-8,12-13,16,19,21H2,1-6H3. The van der Waals surface area contributed by atoms with Crippen molar-refractivity contribution in [2.75, 3.05) is 19.6 Å². The van der Waals surface area contributed by atoms with Gasteiger partial charge in [0.05, 0.1) is 6.61 Å². The van der Waals surface area contributed by atoms with Crippen LogP contribution < -0.4 is 4.74 Å². The van der Waals surface area contributed by atoms with Crippen molar-refractivity contribution in [1.82, 2.24) is 9.80 Å². The molecule has 34 heavy (non-hydrogen) atoms. The molecule has 0 fully saturated rings. The van der Waals surface area contributed by atoms with Crippen molar-refractivity contribution in [1.29, 1.82) is 0 Å². The zero-order valence-electron chi connectivity index (χ0n) is 22.0. The summed E-state index contributed by atoms with van der Waals surface area (Å²) >= 11 is 0. The van der Waals surface area contributed by atoms with Gasteiger partial charge in [-0.1, -0.05) is 42.8 Å². The molecule has 2 rings (SSSR count). The lowest BCUT2D eigenvalue weighted by atomic mass is 9.85. The lowest BCUT2D eigenvalue weighted by Gasteiger charge is -2.30. The number of nitrogens with zero attached hydrogens (tertiary/aromatic N) is 2. The molecule has 1 N–H and O–H groups in total. The largest absolute Gasteiger partial charge is 0.415 e. The number of unbranched alkanes of at least 4 members (excludes halogenated alkanes) is 1. The van der Waals surface area contributed by atoms with Crippen LogP contribution in [0.2, 0.25) is 0 Å². The van der Waals surface area contributed by atoms with E-state index >= 15 is 0 Å². The van der Waals surface area contributed by atoms with E-state index in [9.17, 15) is 9.90 Å². The number of ether oxygens (including phenoxy) is 1. The SMILES string of the molecule is CCN(CC)C(=O)Oc1ccc(CO)cc1C(CCCCN(C(C)C)C(C)C)c1ccccc1. The maximum absolute atomic E-state index is 12.8. The third-order valence-electron chi connectivity index (χ3n) is 6.54. The number of hydrogen-bond acceptors (Lipinski definition) is 4. The van der Waals surface area contributed by atoms with Gasteiger partial charge in [-0.2, -0.15) is 0 Å². The zero-order chi connectivity index (χ0) is 25.1. The first kappa shape index (κ1) is 27.9. The summed E-state index contributed by atoms with van der Waals surface area (Å²) < 4.78 is 5.90. The summed E-state index contributed by atoms with van der Waals surface area (Å²) in [4.78, 5) is 17.0. The molecule has 0 saturated heterocycles. The van der Waals surface area contributed by atoms with Crippen molar-refractivity contribution in [3.8, 4) is 5.75 Å². The average Bonchev–Trinajstić information content (AvgIpc) is 2.82. The Bertz CT molecular complexity index is 855. The third kappa shape index (κ3) is 7.85. The quantitative estimate of drug-likeness (QED) is 0.344. The third-order valence-corrected chi connectivity index (χ3v) is 6.54. The highest BCUT2D eigenvalue weighted by atomic mass is 16.6. The summed E-state index contributed by atoms with van der Waals surface area (Å²) in [6.45, 7) is 15.1. The highest BCUT2D eigenvalue weighted by Gasteiger charge is 2.22. The van der Waals surface area contributed by atoms with Crippen LogP contribution in [0.4, 0.5) is 4.79 Å². The molecule has 0 saturated carbocycles. The fourth-order valence-corrected chi connectivity index (χ4v) is 4.64. The molecule has 5 heteroatoms. The van der Waals surface area contributed by atoms with Gasteiger partial charge >= 0.3 is 6.09 Å². The zero-order valence-corrected chi connectivity index (χ0v) is 22.0. The molecule has 2 aromatic rings. The highest BCUT2D eigenvalue weighted by Crippen LogP contribution is 2.37. The summed E-state index contributed by atoms with van der Waals surface area (Å²) in [6.07, 6.45) is 2.77. The Morgan fingerprint density at radius 2 is 1.59 bits per heavy atom. The monoisotopic (exact) mass is 468 g/mol. The van der Waals surface area contributed by atoms with Crippen LogP contribution in [0, 0.1) is 0 Å². The second kappa shape index (κ2) is 14.1. The summed E-state index contributed by atoms with van der Waals surface area (Å²) in [5.41, 5.74) is 2.98. The van der Waals surface area contributed by atoms with Crippen LogP contribution >= 0.6 is 0 Å². The molecular weight excluding hydrogens is 424 g/mol. The molecule has 0 radical (unpaired) electrons. The van der Waals surface area contributed by atoms with Gasteiger partial charge < -0.3 is 14.7 Å². The van der Waals surface area contributed by atoms with E-state index in [0.29, 0.717) is 30.9 Å². The number of carbonyl (C=O) groups is 1. The minimum Gasteiger partial charge on any atom is -0.410 e. The first-order valence-corrected chi connectivity index (χ1v) is 12.8. The number of aliphatic hydroxyl groups is 1. The molecule has 5 nitrogen and oxygen atoms in total. The van der Waals surface area contributed by atoms with Crippen LogP contribution in [0.25, 0.3) is 0 Å². The van der Waals surface area contributed by atoms with E-state index in [-0.39, 0.29) is 18.6 Å². The Labute approximate surface area is 206 Å². The first-order valence-electron chi connectivity index (χ1n) is 12.8. The van der Waals surface area contributed by atoms with Crippen molar-refractivity contribution >= 4 is 6.09 Å². The molecule has 1 unspecified atom stereocenters. The van der Waals surface area contributed by atoms with E-state index in [2.05, 4.69) is 56.9 Å². The number of amides is 1. The summed E-state index contributed by atoms with van der Waals surface area (Å²) in [7, 11) is 0. The van der Waals surface area contributed by atoms with E-state index in [1.165, 1.54) is 5.56 Å². The van der Waals surface area contributed by atoms with Gasteiger partial charge in [-0.3, -0.25) is 4.90 Å². The molecular formula is C29H44N2O3. The average molecular weight is 469 g/mol. The molecule has 0 aliphatic heterocycles. The highest BCUT2D eigenvalue weighted by molar-refractivity contribution is 5.71. The second-order valence-corrected chi connectivity index (χ2v) is 9.45. The van der Waals surface area contributed by atoms with Gasteiger partial charge in [0.1, 0.15) is 5.75 Å². The smallest absolute Gasteiger partial charge is 0.410 e. The van der Waals surface area contributed by atoms with Gasteiger partial charge in [0.15, 0.2) is 0 Å². The topological polar surface area (TPSA) is 53.0 Å². The molecule has 2 aromatic carbocycles. The van der Waals surface area contributed by atoms with Crippen molar-refractivity contribution in [2.24, 2.45) is 0 Å². The summed E-state index contributed by atoms with van der Waals surface area (Å²) in [6, 6.07) is 17.1. The Kier molecular flexibility index (Phi) is 11.6.